The van der Waals surface area contributed by atoms with Crippen molar-refractivity contribution in [3.63, 3.8) is 0 Å². The molecule has 2 aromatic carbocycles. The molecule has 0 aliphatic carbocycles. The predicted molar refractivity (Wildman–Crippen MR) is 132 cm³/mol. The van der Waals surface area contributed by atoms with Crippen LogP contribution in [0.1, 0.15) is 65.7 Å². The van der Waals surface area contributed by atoms with Crippen LogP contribution in [0.3, 0.4) is 0 Å². The second kappa shape index (κ2) is 9.54. The number of amides is 2. The van der Waals surface area contributed by atoms with E-state index in [9.17, 15) is 19.2 Å². The molecule has 2 amide bonds. The monoisotopic (exact) mass is 486 g/mol. The topological polar surface area (TPSA) is 94.9 Å². The molecular weight excluding hydrogens is 460 g/mol. The van der Waals surface area contributed by atoms with Crippen LogP contribution in [0.2, 0.25) is 0 Å². The van der Waals surface area contributed by atoms with Crippen molar-refractivity contribution >= 4 is 29.3 Å². The third kappa shape index (κ3) is 4.24. The highest BCUT2D eigenvalue weighted by Gasteiger charge is 2.36. The Labute approximate surface area is 208 Å². The molecule has 0 bridgehead atoms. The van der Waals surface area contributed by atoms with Crippen LogP contribution < -0.4 is 4.90 Å². The quantitative estimate of drug-likeness (QED) is 0.283. The number of carbonyl (C=O) groups is 4. The number of aromatic nitrogens is 1. The number of benzene rings is 2. The molecule has 0 N–H and O–H groups in total. The number of nitrogens with zero attached hydrogens (tertiary/aromatic N) is 2. The normalized spacial score (nSPS) is 16.9. The van der Waals surface area contributed by atoms with Crippen molar-refractivity contribution in [1.29, 1.82) is 0 Å². The Morgan fingerprint density at radius 3 is 2.28 bits per heavy atom. The predicted octanol–water partition coefficient (Wildman–Crippen LogP) is 4.12. The molecule has 3 heterocycles. The summed E-state index contributed by atoms with van der Waals surface area (Å²) in [7, 11) is 0. The summed E-state index contributed by atoms with van der Waals surface area (Å²) in [5, 5.41) is 0. The smallest absolute Gasteiger partial charge is 0.338 e. The molecule has 8 heteroatoms. The van der Waals surface area contributed by atoms with E-state index in [4.69, 9.17) is 9.47 Å². The minimum Gasteiger partial charge on any atom is -0.454 e. The maximum Gasteiger partial charge on any atom is 0.338 e. The maximum absolute atomic E-state index is 12.8. The first-order valence-corrected chi connectivity index (χ1v) is 11.9. The van der Waals surface area contributed by atoms with E-state index in [1.165, 1.54) is 24.3 Å². The highest BCUT2D eigenvalue weighted by Crippen LogP contribution is 2.28. The summed E-state index contributed by atoms with van der Waals surface area (Å²) in [5.41, 5.74) is 3.58. The van der Waals surface area contributed by atoms with Crippen molar-refractivity contribution in [2.45, 2.75) is 39.3 Å². The molecular formula is C28H26N2O6. The summed E-state index contributed by atoms with van der Waals surface area (Å²) < 4.78 is 13.1. The van der Waals surface area contributed by atoms with Crippen LogP contribution in [0.15, 0.2) is 54.6 Å². The highest BCUT2D eigenvalue weighted by atomic mass is 16.5. The molecule has 1 aromatic heterocycles. The number of carbonyl (C=O) groups excluding carboxylic acids is 4. The number of esters is 1. The fourth-order valence-corrected chi connectivity index (χ4v) is 4.82. The van der Waals surface area contributed by atoms with Crippen molar-refractivity contribution in [3.05, 3.63) is 88.2 Å². The van der Waals surface area contributed by atoms with Gasteiger partial charge in [0.1, 0.15) is 0 Å². The summed E-state index contributed by atoms with van der Waals surface area (Å²) in [6, 6.07) is 14.4. The number of imide groups is 1. The van der Waals surface area contributed by atoms with Crippen LogP contribution in [0.4, 0.5) is 5.69 Å². The van der Waals surface area contributed by atoms with E-state index in [-0.39, 0.29) is 24.1 Å². The average molecular weight is 487 g/mol. The molecule has 1 fully saturated rings. The summed E-state index contributed by atoms with van der Waals surface area (Å²) in [6.07, 6.45) is 2.20. The lowest BCUT2D eigenvalue weighted by atomic mass is 10.1. The molecule has 5 rings (SSSR count). The molecule has 36 heavy (non-hydrogen) atoms. The standard InChI is InChI=1S/C28H26N2O6/c1-17-14-24(18(2)29(17)15-21-6-5-13-35-21)25(31)16-36-28(34)19-9-11-20(12-10-19)30-26(32)22-7-3-4-8-23(22)27(30)33/h3-4,7-12,14,21H,5-6,13,15-16H2,1-2H3/t21-/m1/s1. The van der Waals surface area contributed by atoms with Gasteiger partial charge in [-0.2, -0.15) is 0 Å². The number of aryl methyl sites for hydroxylation is 1. The van der Waals surface area contributed by atoms with Crippen LogP contribution >= 0.6 is 0 Å². The Morgan fingerprint density at radius 2 is 1.67 bits per heavy atom. The van der Waals surface area contributed by atoms with E-state index in [0.29, 0.717) is 28.9 Å². The average Bonchev–Trinajstić information content (AvgIpc) is 3.57. The van der Waals surface area contributed by atoms with Crippen LogP contribution in [0.25, 0.3) is 0 Å². The second-order valence-corrected chi connectivity index (χ2v) is 9.07. The third-order valence-corrected chi connectivity index (χ3v) is 6.77. The SMILES string of the molecule is Cc1cc(C(=O)COC(=O)c2ccc(N3C(=O)c4ccccc4C3=O)cc2)c(C)n1C[C@H]1CCCO1. The first-order valence-electron chi connectivity index (χ1n) is 11.9. The Kier molecular flexibility index (Phi) is 6.28. The van der Waals surface area contributed by atoms with E-state index >= 15 is 0 Å². The van der Waals surface area contributed by atoms with Gasteiger partial charge in [-0.25, -0.2) is 9.69 Å². The lowest BCUT2D eigenvalue weighted by Gasteiger charge is -2.15. The van der Waals surface area contributed by atoms with E-state index in [1.807, 2.05) is 19.9 Å². The largest absolute Gasteiger partial charge is 0.454 e. The first kappa shape index (κ1) is 23.7. The van der Waals surface area contributed by atoms with Gasteiger partial charge in [0.25, 0.3) is 11.8 Å². The van der Waals surface area contributed by atoms with Gasteiger partial charge in [-0.1, -0.05) is 12.1 Å². The number of Topliss-reactive ketones (excluding diaryl/α,β-unsaturated/α-hetero) is 1. The number of hydrogen-bond acceptors (Lipinski definition) is 6. The third-order valence-electron chi connectivity index (χ3n) is 6.77. The molecule has 0 unspecified atom stereocenters. The summed E-state index contributed by atoms with van der Waals surface area (Å²) in [4.78, 5) is 51.8. The van der Waals surface area contributed by atoms with Crippen molar-refractivity contribution in [3.8, 4) is 0 Å². The molecule has 0 spiro atoms. The molecule has 8 nitrogen and oxygen atoms in total. The van der Waals surface area contributed by atoms with Gasteiger partial charge in [-0.05, 0) is 69.2 Å². The van der Waals surface area contributed by atoms with Gasteiger partial charge >= 0.3 is 5.97 Å². The van der Waals surface area contributed by atoms with E-state index in [1.54, 1.807) is 24.3 Å². The number of anilines is 1. The van der Waals surface area contributed by atoms with E-state index in [2.05, 4.69) is 4.57 Å². The number of ether oxygens (including phenoxy) is 2. The lowest BCUT2D eigenvalue weighted by molar-refractivity contribution is 0.0474. The van der Waals surface area contributed by atoms with Crippen LogP contribution in [-0.2, 0) is 16.0 Å². The number of ketones is 1. The van der Waals surface area contributed by atoms with Crippen LogP contribution in [0.5, 0.6) is 0 Å². The molecule has 1 saturated heterocycles. The van der Waals surface area contributed by atoms with E-state index in [0.717, 1.165) is 35.7 Å². The summed E-state index contributed by atoms with van der Waals surface area (Å²) in [5.74, 6) is -1.76. The van der Waals surface area contributed by atoms with Gasteiger partial charge in [0.2, 0.25) is 5.78 Å². The zero-order chi connectivity index (χ0) is 25.4. The fraction of sp³-hybridized carbons (Fsp3) is 0.286. The highest BCUT2D eigenvalue weighted by molar-refractivity contribution is 6.34. The number of rotatable bonds is 7. The van der Waals surface area contributed by atoms with Crippen molar-refractivity contribution in [2.75, 3.05) is 18.1 Å². The molecule has 0 radical (unpaired) electrons. The molecule has 0 saturated carbocycles. The molecule has 184 valence electrons. The van der Waals surface area contributed by atoms with Crippen molar-refractivity contribution in [1.82, 2.24) is 4.57 Å². The first-order chi connectivity index (χ1) is 17.3. The Balaban J connectivity index is 1.22. The Morgan fingerprint density at radius 1 is 1.00 bits per heavy atom. The van der Waals surface area contributed by atoms with Gasteiger partial charge in [-0.3, -0.25) is 14.4 Å². The fourth-order valence-electron chi connectivity index (χ4n) is 4.82. The zero-order valence-electron chi connectivity index (χ0n) is 20.2. The van der Waals surface area contributed by atoms with Crippen LogP contribution in [-0.4, -0.2) is 47.5 Å². The Hall–Kier alpha value is -4.04. The molecule has 2 aliphatic rings. The summed E-state index contributed by atoms with van der Waals surface area (Å²) in [6.45, 7) is 4.91. The van der Waals surface area contributed by atoms with Crippen LogP contribution in [0, 0.1) is 13.8 Å². The molecule has 3 aromatic rings. The summed E-state index contributed by atoms with van der Waals surface area (Å²) >= 11 is 0. The van der Waals surface area contributed by atoms with Gasteiger partial charge in [0.05, 0.1) is 28.5 Å². The molecule has 1 atom stereocenters. The van der Waals surface area contributed by atoms with E-state index < -0.39 is 17.8 Å². The minimum absolute atomic E-state index is 0.152. The van der Waals surface area contributed by atoms with Gasteiger partial charge in [-0.15, -0.1) is 0 Å². The minimum atomic E-state index is -0.662. The van der Waals surface area contributed by atoms with Gasteiger partial charge < -0.3 is 14.0 Å². The number of fused-ring (bicyclic) bond motifs is 1. The van der Waals surface area contributed by atoms with Gasteiger partial charge in [0.15, 0.2) is 6.61 Å². The maximum atomic E-state index is 12.8. The Bertz CT molecular complexity index is 1330. The van der Waals surface area contributed by atoms with Gasteiger partial charge in [0, 0.05) is 30.1 Å². The molecule has 2 aliphatic heterocycles. The lowest BCUT2D eigenvalue weighted by Crippen LogP contribution is -2.29. The van der Waals surface area contributed by atoms with Crippen molar-refractivity contribution in [2.24, 2.45) is 0 Å². The zero-order valence-corrected chi connectivity index (χ0v) is 20.2. The number of hydrogen-bond donors (Lipinski definition) is 0. The van der Waals surface area contributed by atoms with Crippen molar-refractivity contribution < 1.29 is 28.7 Å². The second-order valence-electron chi connectivity index (χ2n) is 9.07.